The zero-order valence-corrected chi connectivity index (χ0v) is 13.6. The third-order valence-electron chi connectivity index (χ3n) is 3.46. The molecule has 0 bridgehead atoms. The quantitative estimate of drug-likeness (QED) is 0.566. The molecule has 2 nitrogen and oxygen atoms in total. The number of rotatable bonds is 5. The smallest absolute Gasteiger partial charge is 0.0662 e. The first-order valence-corrected chi connectivity index (χ1v) is 10.0. The zero-order valence-electron chi connectivity index (χ0n) is 11.9. The first-order chi connectivity index (χ1) is 8.29. The van der Waals surface area contributed by atoms with Crippen molar-refractivity contribution in [3.8, 4) is 0 Å². The third-order valence-corrected chi connectivity index (χ3v) is 4.51. The molecule has 0 spiro atoms. The molecule has 2 atom stereocenters. The SMILES string of the molecule is CC(C)(CCC1CC/C=C/CCC1)OP(C)([O-])=S. The van der Waals surface area contributed by atoms with Crippen molar-refractivity contribution in [2.45, 2.75) is 64.4 Å². The Labute approximate surface area is 117 Å². The van der Waals surface area contributed by atoms with Crippen molar-refractivity contribution in [2.75, 3.05) is 6.66 Å². The number of allylic oxidation sites excluding steroid dienone is 2. The molecule has 0 aromatic carbocycles. The van der Waals surface area contributed by atoms with Gasteiger partial charge in [0, 0.05) is 0 Å². The van der Waals surface area contributed by atoms with Gasteiger partial charge < -0.3 is 9.42 Å². The first kappa shape index (κ1) is 16.4. The van der Waals surface area contributed by atoms with Crippen molar-refractivity contribution in [2.24, 2.45) is 5.92 Å². The molecule has 0 N–H and O–H groups in total. The molecule has 0 radical (unpaired) electrons. The largest absolute Gasteiger partial charge is 0.801 e. The van der Waals surface area contributed by atoms with Gasteiger partial charge in [-0.2, -0.15) is 0 Å². The average Bonchev–Trinajstić information content (AvgIpc) is 2.11. The highest BCUT2D eigenvalue weighted by Gasteiger charge is 2.22. The second-order valence-electron chi connectivity index (χ2n) is 6.01. The summed E-state index contributed by atoms with van der Waals surface area (Å²) in [4.78, 5) is 11.6. The van der Waals surface area contributed by atoms with Crippen molar-refractivity contribution < 1.29 is 9.42 Å². The second kappa shape index (κ2) is 7.19. The molecule has 2 unspecified atom stereocenters. The minimum atomic E-state index is -2.80. The summed E-state index contributed by atoms with van der Waals surface area (Å²) in [5.41, 5.74) is -0.357. The van der Waals surface area contributed by atoms with E-state index < -0.39 is 6.49 Å². The Morgan fingerprint density at radius 1 is 1.33 bits per heavy atom. The molecule has 0 saturated heterocycles. The van der Waals surface area contributed by atoms with E-state index in [0.29, 0.717) is 0 Å². The van der Waals surface area contributed by atoms with Crippen molar-refractivity contribution in [1.82, 2.24) is 0 Å². The molecule has 18 heavy (non-hydrogen) atoms. The van der Waals surface area contributed by atoms with Crippen LogP contribution in [0.4, 0.5) is 0 Å². The van der Waals surface area contributed by atoms with E-state index in [0.717, 1.165) is 18.8 Å². The van der Waals surface area contributed by atoms with E-state index in [9.17, 15) is 4.89 Å². The molecular formula is C14H26O2PS-. The lowest BCUT2D eigenvalue weighted by Crippen LogP contribution is -2.26. The molecule has 1 aliphatic rings. The molecular weight excluding hydrogens is 263 g/mol. The van der Waals surface area contributed by atoms with E-state index in [1.807, 2.05) is 13.8 Å². The normalized spacial score (nSPS) is 27.0. The van der Waals surface area contributed by atoms with E-state index in [1.54, 1.807) is 0 Å². The molecule has 1 rings (SSSR count). The van der Waals surface area contributed by atoms with Crippen molar-refractivity contribution in [3.63, 3.8) is 0 Å². The van der Waals surface area contributed by atoms with Crippen molar-refractivity contribution in [1.29, 1.82) is 0 Å². The summed E-state index contributed by atoms with van der Waals surface area (Å²) < 4.78 is 5.53. The van der Waals surface area contributed by atoms with Crippen LogP contribution in [-0.2, 0) is 16.3 Å². The van der Waals surface area contributed by atoms with Crippen molar-refractivity contribution >= 4 is 18.3 Å². The topological polar surface area (TPSA) is 32.3 Å². The van der Waals surface area contributed by atoms with Crippen LogP contribution in [0.15, 0.2) is 12.2 Å². The van der Waals surface area contributed by atoms with Crippen LogP contribution in [0.1, 0.15) is 58.8 Å². The fourth-order valence-electron chi connectivity index (χ4n) is 2.57. The van der Waals surface area contributed by atoms with Gasteiger partial charge in [-0.15, -0.1) is 0 Å². The van der Waals surface area contributed by atoms with E-state index >= 15 is 0 Å². The predicted octanol–water partition coefficient (Wildman–Crippen LogP) is 4.00. The van der Waals surface area contributed by atoms with Gasteiger partial charge in [0.2, 0.25) is 0 Å². The van der Waals surface area contributed by atoms with Gasteiger partial charge in [0.05, 0.1) is 5.60 Å². The van der Waals surface area contributed by atoms with E-state index in [-0.39, 0.29) is 5.60 Å². The molecule has 0 fully saturated rings. The predicted molar refractivity (Wildman–Crippen MR) is 80.3 cm³/mol. The van der Waals surface area contributed by atoms with Crippen molar-refractivity contribution in [3.05, 3.63) is 12.2 Å². The summed E-state index contributed by atoms with van der Waals surface area (Å²) in [5, 5.41) is 0. The van der Waals surface area contributed by atoms with Gasteiger partial charge in [-0.05, 0) is 71.4 Å². The summed E-state index contributed by atoms with van der Waals surface area (Å²) in [7, 11) is 0. The number of hydrogen-bond donors (Lipinski definition) is 0. The van der Waals surface area contributed by atoms with Crippen LogP contribution < -0.4 is 4.89 Å². The highest BCUT2D eigenvalue weighted by Crippen LogP contribution is 2.40. The van der Waals surface area contributed by atoms with Crippen LogP contribution in [0.2, 0.25) is 0 Å². The molecule has 0 saturated carbocycles. The molecule has 4 heteroatoms. The standard InChI is InChI=1S/C14H27O2PS/c1-14(2,16-17(3,15)18)12-11-13-9-7-5-4-6-8-10-13/h4-5,13H,6-12H2,1-3H3,(H,15,18)/p-1/b5-4+. The first-order valence-electron chi connectivity index (χ1n) is 6.93. The maximum Gasteiger partial charge on any atom is 0.0662 e. The van der Waals surface area contributed by atoms with Crippen LogP contribution in [-0.4, -0.2) is 12.3 Å². The lowest BCUT2D eigenvalue weighted by atomic mass is 9.87. The average molecular weight is 289 g/mol. The Hall–Kier alpha value is 0.310. The van der Waals surface area contributed by atoms with Gasteiger partial charge in [0.25, 0.3) is 0 Å². The second-order valence-corrected chi connectivity index (χ2v) is 9.72. The third kappa shape index (κ3) is 7.68. The Morgan fingerprint density at radius 2 is 2.00 bits per heavy atom. The van der Waals surface area contributed by atoms with Gasteiger partial charge in [0.1, 0.15) is 0 Å². The zero-order chi connectivity index (χ0) is 13.6. The van der Waals surface area contributed by atoms with Gasteiger partial charge in [-0.1, -0.05) is 30.4 Å². The van der Waals surface area contributed by atoms with E-state index in [2.05, 4.69) is 12.2 Å². The summed E-state index contributed by atoms with van der Waals surface area (Å²) in [6.45, 7) is 2.71. The summed E-state index contributed by atoms with van der Waals surface area (Å²) in [6, 6.07) is 0. The fourth-order valence-corrected chi connectivity index (χ4v) is 4.17. The van der Waals surface area contributed by atoms with Crippen LogP contribution >= 0.6 is 6.49 Å². The number of hydrogen-bond acceptors (Lipinski definition) is 3. The molecule has 0 heterocycles. The molecule has 0 aromatic heterocycles. The molecule has 0 aliphatic heterocycles. The fraction of sp³-hybridized carbons (Fsp3) is 0.857. The van der Waals surface area contributed by atoms with Gasteiger partial charge in [-0.3, -0.25) is 0 Å². The highest BCUT2D eigenvalue weighted by molar-refractivity contribution is 8.08. The summed E-state index contributed by atoms with van der Waals surface area (Å²) >= 11 is 4.87. The Kier molecular flexibility index (Phi) is 6.54. The highest BCUT2D eigenvalue weighted by atomic mass is 32.5. The van der Waals surface area contributed by atoms with Crippen LogP contribution in [0.5, 0.6) is 0 Å². The van der Waals surface area contributed by atoms with Gasteiger partial charge in [0.15, 0.2) is 0 Å². The minimum absolute atomic E-state index is 0.357. The molecule has 106 valence electrons. The van der Waals surface area contributed by atoms with Crippen LogP contribution in [0, 0.1) is 5.92 Å². The Balaban J connectivity index is 2.38. The van der Waals surface area contributed by atoms with Crippen LogP contribution in [0.3, 0.4) is 0 Å². The van der Waals surface area contributed by atoms with E-state index in [4.69, 9.17) is 16.3 Å². The lowest BCUT2D eigenvalue weighted by Gasteiger charge is -2.36. The Bertz CT molecular complexity index is 320. The maximum absolute atomic E-state index is 11.6. The molecule has 1 aliphatic carbocycles. The molecule has 0 amide bonds. The van der Waals surface area contributed by atoms with Gasteiger partial charge >= 0.3 is 0 Å². The van der Waals surface area contributed by atoms with Crippen LogP contribution in [0.25, 0.3) is 0 Å². The molecule has 0 aromatic rings. The summed E-state index contributed by atoms with van der Waals surface area (Å²) in [5.74, 6) is 0.777. The minimum Gasteiger partial charge on any atom is -0.801 e. The summed E-state index contributed by atoms with van der Waals surface area (Å²) in [6.07, 6.45) is 13.0. The monoisotopic (exact) mass is 289 g/mol. The maximum atomic E-state index is 11.6. The van der Waals surface area contributed by atoms with Gasteiger partial charge in [-0.25, -0.2) is 0 Å². The Morgan fingerprint density at radius 3 is 2.67 bits per heavy atom. The van der Waals surface area contributed by atoms with E-state index in [1.165, 1.54) is 38.8 Å². The lowest BCUT2D eigenvalue weighted by molar-refractivity contribution is -0.189.